The van der Waals surface area contributed by atoms with E-state index in [-0.39, 0.29) is 25.9 Å². The number of rotatable bonds is 54. The number of phosphoric ester groups is 1. The Balaban J connectivity index is 4.85. The van der Waals surface area contributed by atoms with Gasteiger partial charge in [-0.1, -0.05) is 212 Å². The molecule has 12 heteroatoms. The summed E-state index contributed by atoms with van der Waals surface area (Å²) in [4.78, 5) is 48.6. The lowest BCUT2D eigenvalue weighted by Gasteiger charge is -2.21. The van der Waals surface area contributed by atoms with Crippen molar-refractivity contribution in [3.05, 3.63) is 134 Å². The molecule has 0 aromatic heterocycles. The molecule has 78 heavy (non-hydrogen) atoms. The summed E-state index contributed by atoms with van der Waals surface area (Å²) in [7, 11) is -4.79. The SMILES string of the molecule is CC/C=C\C/C=C\C/C=C\C/C=C\C/C=C\CCCC(=O)OC(COC(=O)CCCCCCCCCCC/C=C\C/C=C\CCCCC)COP(=O)(O)OCC(CO)OC(=O)CCCC/C=C\C/C=C\C/C=C\C/C=C\CC. The first-order valence-corrected chi connectivity index (χ1v) is 31.6. The minimum atomic E-state index is -4.79. The highest BCUT2D eigenvalue weighted by atomic mass is 31.2. The van der Waals surface area contributed by atoms with E-state index in [9.17, 15) is 28.9 Å². The second-order valence-electron chi connectivity index (χ2n) is 19.4. The summed E-state index contributed by atoms with van der Waals surface area (Å²) >= 11 is 0. The number of hydrogen-bond acceptors (Lipinski definition) is 10. The summed E-state index contributed by atoms with van der Waals surface area (Å²) in [5.41, 5.74) is 0. The summed E-state index contributed by atoms with van der Waals surface area (Å²) < 4.78 is 39.5. The van der Waals surface area contributed by atoms with E-state index in [4.69, 9.17) is 23.3 Å². The first-order valence-electron chi connectivity index (χ1n) is 30.1. The van der Waals surface area contributed by atoms with Crippen LogP contribution in [0.1, 0.15) is 226 Å². The van der Waals surface area contributed by atoms with Crippen molar-refractivity contribution >= 4 is 25.7 Å². The van der Waals surface area contributed by atoms with E-state index in [1.54, 1.807) is 0 Å². The van der Waals surface area contributed by atoms with Crippen molar-refractivity contribution in [3.8, 4) is 0 Å². The fraction of sp³-hybridized carbons (Fsp3) is 0.621. The predicted molar refractivity (Wildman–Crippen MR) is 325 cm³/mol. The zero-order valence-electron chi connectivity index (χ0n) is 48.8. The van der Waals surface area contributed by atoms with Gasteiger partial charge in [-0.05, 0) is 128 Å². The molecule has 0 spiro atoms. The molecule has 0 rings (SSSR count). The zero-order chi connectivity index (χ0) is 56.9. The Morgan fingerprint density at radius 1 is 0.372 bits per heavy atom. The van der Waals surface area contributed by atoms with Crippen LogP contribution in [0.4, 0.5) is 0 Å². The van der Waals surface area contributed by atoms with Crippen molar-refractivity contribution in [1.29, 1.82) is 0 Å². The number of carbonyl (C=O) groups excluding carboxylic acids is 3. The summed E-state index contributed by atoms with van der Waals surface area (Å²) in [5.74, 6) is -1.60. The molecule has 0 saturated heterocycles. The quantitative estimate of drug-likeness (QED) is 0.0197. The van der Waals surface area contributed by atoms with E-state index in [0.29, 0.717) is 25.7 Å². The van der Waals surface area contributed by atoms with Gasteiger partial charge in [-0.3, -0.25) is 23.4 Å². The lowest BCUT2D eigenvalue weighted by molar-refractivity contribution is -0.161. The Kier molecular flexibility index (Phi) is 55.5. The van der Waals surface area contributed by atoms with Gasteiger partial charge in [0.2, 0.25) is 0 Å². The molecule has 0 aromatic carbocycles. The van der Waals surface area contributed by atoms with Gasteiger partial charge in [0.15, 0.2) is 6.10 Å². The molecule has 0 radical (unpaired) electrons. The third kappa shape index (κ3) is 56.3. The number of phosphoric acid groups is 1. The Morgan fingerprint density at radius 2 is 0.679 bits per heavy atom. The highest BCUT2D eigenvalue weighted by Crippen LogP contribution is 2.43. The molecule has 0 amide bonds. The Labute approximate surface area is 474 Å². The molecule has 442 valence electrons. The van der Waals surface area contributed by atoms with Gasteiger partial charge in [0.25, 0.3) is 0 Å². The molecule has 3 unspecified atom stereocenters. The van der Waals surface area contributed by atoms with Crippen molar-refractivity contribution in [2.24, 2.45) is 0 Å². The molecule has 0 fully saturated rings. The number of aliphatic hydroxyl groups excluding tert-OH is 1. The number of ether oxygens (including phenoxy) is 3. The van der Waals surface area contributed by atoms with Crippen molar-refractivity contribution < 1.29 is 52.2 Å². The zero-order valence-corrected chi connectivity index (χ0v) is 49.7. The Bertz CT molecular complexity index is 1820. The van der Waals surface area contributed by atoms with Crippen LogP contribution >= 0.6 is 7.82 Å². The van der Waals surface area contributed by atoms with Gasteiger partial charge in [-0.2, -0.15) is 0 Å². The number of hydrogen-bond donors (Lipinski definition) is 2. The average molecular weight is 1110 g/mol. The van der Waals surface area contributed by atoms with E-state index >= 15 is 0 Å². The van der Waals surface area contributed by atoms with E-state index in [1.807, 2.05) is 12.2 Å². The molecule has 0 aliphatic heterocycles. The number of aliphatic hydroxyl groups is 1. The summed E-state index contributed by atoms with van der Waals surface area (Å²) in [6.07, 6.45) is 74.2. The smallest absolute Gasteiger partial charge is 0.462 e. The first-order chi connectivity index (χ1) is 38.2. The fourth-order valence-electron chi connectivity index (χ4n) is 7.53. The summed E-state index contributed by atoms with van der Waals surface area (Å²) in [6.45, 7) is 4.27. The lowest BCUT2D eigenvalue weighted by atomic mass is 10.1. The van der Waals surface area contributed by atoms with Crippen LogP contribution in [0.2, 0.25) is 0 Å². The second-order valence-corrected chi connectivity index (χ2v) is 20.8. The van der Waals surface area contributed by atoms with Gasteiger partial charge in [0.1, 0.15) is 12.7 Å². The van der Waals surface area contributed by atoms with E-state index in [1.165, 1.54) is 57.8 Å². The molecule has 11 nitrogen and oxygen atoms in total. The predicted octanol–water partition coefficient (Wildman–Crippen LogP) is 18.1. The van der Waals surface area contributed by atoms with Crippen LogP contribution in [0.5, 0.6) is 0 Å². The van der Waals surface area contributed by atoms with Gasteiger partial charge >= 0.3 is 25.7 Å². The molecule has 0 bridgehead atoms. The molecular weight excluding hydrogens is 1000 g/mol. The first kappa shape index (κ1) is 73.6. The van der Waals surface area contributed by atoms with E-state index < -0.39 is 57.8 Å². The molecule has 0 heterocycles. The van der Waals surface area contributed by atoms with Gasteiger partial charge in [-0.15, -0.1) is 0 Å². The average Bonchev–Trinajstić information content (AvgIpc) is 3.43. The third-order valence-corrected chi connectivity index (χ3v) is 13.0. The third-order valence-electron chi connectivity index (χ3n) is 12.0. The highest BCUT2D eigenvalue weighted by Gasteiger charge is 2.28. The van der Waals surface area contributed by atoms with Gasteiger partial charge in [0, 0.05) is 19.3 Å². The topological polar surface area (TPSA) is 155 Å². The Hall–Kier alpha value is -4.38. The van der Waals surface area contributed by atoms with Gasteiger partial charge in [0.05, 0.1) is 19.8 Å². The van der Waals surface area contributed by atoms with Crippen LogP contribution in [0.25, 0.3) is 0 Å². The van der Waals surface area contributed by atoms with Gasteiger partial charge in [-0.25, -0.2) is 4.57 Å². The molecule has 0 aliphatic carbocycles. The minimum absolute atomic E-state index is 0.0781. The van der Waals surface area contributed by atoms with Crippen molar-refractivity contribution in [2.45, 2.75) is 238 Å². The summed E-state index contributed by atoms with van der Waals surface area (Å²) in [6, 6.07) is 0. The van der Waals surface area contributed by atoms with Crippen LogP contribution in [0.3, 0.4) is 0 Å². The molecule has 0 saturated carbocycles. The largest absolute Gasteiger partial charge is 0.472 e. The number of allylic oxidation sites excluding steroid dienone is 22. The molecule has 2 N–H and O–H groups in total. The number of carbonyl (C=O) groups is 3. The Morgan fingerprint density at radius 3 is 1.10 bits per heavy atom. The maximum Gasteiger partial charge on any atom is 0.472 e. The lowest BCUT2D eigenvalue weighted by Crippen LogP contribution is -2.30. The number of esters is 3. The molecule has 0 aromatic rings. The fourth-order valence-corrected chi connectivity index (χ4v) is 8.31. The van der Waals surface area contributed by atoms with Crippen LogP contribution in [0.15, 0.2) is 134 Å². The van der Waals surface area contributed by atoms with Crippen LogP contribution in [0, 0.1) is 0 Å². The maximum absolute atomic E-state index is 12.9. The summed E-state index contributed by atoms with van der Waals surface area (Å²) in [5, 5.41) is 9.82. The van der Waals surface area contributed by atoms with Crippen molar-refractivity contribution in [1.82, 2.24) is 0 Å². The standard InChI is InChI=1S/C66H107O11P/c1-4-7-10-13-16-19-22-25-28-30-31-33-35-37-40-43-46-49-52-55-64(68)73-59-63(77-66(70)57-54-51-48-45-42-39-36-32-29-26-23-20-17-14-11-8-5-2)61-75-78(71,72)74-60-62(58-67)76-65(69)56-53-50-47-44-41-38-34-27-24-21-18-15-12-9-6-3/h8-9,11-12,16-21,25-29,34,36,39,41,44-45,48,62-63,67H,4-7,10,13-15,22-24,30-33,35,37-38,40,42-43,46-47,49-61H2,1-3H3,(H,71,72)/b11-8-,12-9-,19-16-,20-17-,21-18-,28-25-,29-26-,34-27-,39-36-,44-41-,48-45-. The van der Waals surface area contributed by atoms with Crippen LogP contribution < -0.4 is 0 Å². The number of unbranched alkanes of at least 4 members (excludes halogenated alkanes) is 15. The van der Waals surface area contributed by atoms with Crippen LogP contribution in [-0.2, 0) is 42.2 Å². The van der Waals surface area contributed by atoms with Crippen molar-refractivity contribution in [3.63, 3.8) is 0 Å². The molecule has 0 aliphatic rings. The van der Waals surface area contributed by atoms with Gasteiger partial charge < -0.3 is 24.2 Å². The minimum Gasteiger partial charge on any atom is -0.462 e. The molecule has 3 atom stereocenters. The maximum atomic E-state index is 12.9. The molecular formula is C66H107O11P. The van der Waals surface area contributed by atoms with Crippen molar-refractivity contribution in [2.75, 3.05) is 26.4 Å². The second kappa shape index (κ2) is 58.8. The van der Waals surface area contributed by atoms with E-state index in [2.05, 4.69) is 142 Å². The normalized spacial score (nSPS) is 14.3. The highest BCUT2D eigenvalue weighted by molar-refractivity contribution is 7.47. The monoisotopic (exact) mass is 1110 g/mol. The van der Waals surface area contributed by atoms with Crippen LogP contribution in [-0.4, -0.2) is 66.5 Å². The van der Waals surface area contributed by atoms with E-state index in [0.717, 1.165) is 103 Å².